The van der Waals surface area contributed by atoms with Gasteiger partial charge in [0.25, 0.3) is 10.0 Å². The Hall–Kier alpha value is -1.10. The number of anilines is 1. The second-order valence-corrected chi connectivity index (χ2v) is 7.42. The molecule has 0 saturated heterocycles. The lowest BCUT2D eigenvalue weighted by Gasteiger charge is -2.01. The molecule has 3 N–H and O–H groups in total. The van der Waals surface area contributed by atoms with Crippen LogP contribution in [0.25, 0.3) is 0 Å². The lowest BCUT2D eigenvalue weighted by Crippen LogP contribution is -2.26. The molecule has 0 bridgehead atoms. The summed E-state index contributed by atoms with van der Waals surface area (Å²) in [4.78, 5) is 4.25. The Morgan fingerprint density at radius 3 is 2.78 bits per heavy atom. The second kappa shape index (κ2) is 5.26. The number of nitrogen functional groups attached to an aromatic ring is 1. The SMILES string of the molecule is Cc1nc(CCNS(=O)(=O)c2nnc(N)s2)cs1. The van der Waals surface area contributed by atoms with Crippen molar-refractivity contribution in [2.75, 3.05) is 12.3 Å². The van der Waals surface area contributed by atoms with Crippen molar-refractivity contribution in [3.8, 4) is 0 Å². The normalized spacial score (nSPS) is 11.8. The number of thiazole rings is 1. The molecule has 0 saturated carbocycles. The largest absolute Gasteiger partial charge is 0.374 e. The van der Waals surface area contributed by atoms with Crippen LogP contribution in [0.5, 0.6) is 0 Å². The molecule has 0 aromatic carbocycles. The maximum absolute atomic E-state index is 11.8. The van der Waals surface area contributed by atoms with Crippen molar-refractivity contribution in [1.29, 1.82) is 0 Å². The van der Waals surface area contributed by atoms with Crippen LogP contribution in [-0.2, 0) is 16.4 Å². The molecule has 2 heterocycles. The first-order valence-corrected chi connectivity index (χ1v) is 8.15. The zero-order chi connectivity index (χ0) is 13.2. The Kier molecular flexibility index (Phi) is 3.90. The first-order valence-electron chi connectivity index (χ1n) is 4.97. The topological polar surface area (TPSA) is 111 Å². The van der Waals surface area contributed by atoms with Gasteiger partial charge in [0.15, 0.2) is 0 Å². The number of nitrogens with two attached hydrogens (primary N) is 1. The molecule has 2 rings (SSSR count). The number of sulfonamides is 1. The molecule has 0 aliphatic carbocycles. The van der Waals surface area contributed by atoms with Crippen molar-refractivity contribution in [3.63, 3.8) is 0 Å². The van der Waals surface area contributed by atoms with E-state index in [1.54, 1.807) is 0 Å². The minimum Gasteiger partial charge on any atom is -0.374 e. The van der Waals surface area contributed by atoms with Crippen molar-refractivity contribution in [1.82, 2.24) is 19.9 Å². The number of hydrogen-bond acceptors (Lipinski definition) is 8. The molecule has 2 aromatic heterocycles. The van der Waals surface area contributed by atoms with Crippen LogP contribution >= 0.6 is 22.7 Å². The first-order chi connectivity index (χ1) is 8.47. The minimum absolute atomic E-state index is 0.116. The zero-order valence-electron chi connectivity index (χ0n) is 9.45. The molecule has 2 aromatic rings. The Morgan fingerprint density at radius 1 is 1.44 bits per heavy atom. The average Bonchev–Trinajstić information content (AvgIpc) is 2.88. The van der Waals surface area contributed by atoms with Crippen LogP contribution in [0.1, 0.15) is 10.7 Å². The molecule has 0 aliphatic heterocycles. The first kappa shape index (κ1) is 13.3. The van der Waals surface area contributed by atoms with Gasteiger partial charge in [-0.25, -0.2) is 18.1 Å². The molecule has 0 fully saturated rings. The number of aryl methyl sites for hydroxylation is 1. The van der Waals surface area contributed by atoms with Crippen LogP contribution in [-0.4, -0.2) is 30.1 Å². The summed E-state index contributed by atoms with van der Waals surface area (Å²) in [5, 5.41) is 9.97. The van der Waals surface area contributed by atoms with Crippen LogP contribution in [0.2, 0.25) is 0 Å². The van der Waals surface area contributed by atoms with Gasteiger partial charge in [0, 0.05) is 18.3 Å². The van der Waals surface area contributed by atoms with Crippen LogP contribution in [0.3, 0.4) is 0 Å². The maximum Gasteiger partial charge on any atom is 0.269 e. The van der Waals surface area contributed by atoms with Gasteiger partial charge in [0.05, 0.1) is 10.7 Å². The number of rotatable bonds is 5. The zero-order valence-corrected chi connectivity index (χ0v) is 11.9. The molecule has 0 unspecified atom stereocenters. The predicted molar refractivity (Wildman–Crippen MR) is 70.1 cm³/mol. The van der Waals surface area contributed by atoms with Crippen molar-refractivity contribution in [2.45, 2.75) is 17.7 Å². The molecule has 0 atom stereocenters. The quantitative estimate of drug-likeness (QED) is 0.827. The third-order valence-electron chi connectivity index (χ3n) is 1.99. The smallest absolute Gasteiger partial charge is 0.269 e. The highest BCUT2D eigenvalue weighted by atomic mass is 32.2. The highest BCUT2D eigenvalue weighted by Gasteiger charge is 2.18. The summed E-state index contributed by atoms with van der Waals surface area (Å²) in [7, 11) is -3.61. The van der Waals surface area contributed by atoms with E-state index in [0.29, 0.717) is 6.42 Å². The van der Waals surface area contributed by atoms with E-state index in [1.807, 2.05) is 12.3 Å². The number of aromatic nitrogens is 3. The fourth-order valence-corrected chi connectivity index (χ4v) is 3.73. The van der Waals surface area contributed by atoms with Gasteiger partial charge in [-0.3, -0.25) is 0 Å². The standard InChI is InChI=1S/C8H11N5O2S3/c1-5-11-6(4-16-5)2-3-10-18(14,15)8-13-12-7(9)17-8/h4,10H,2-3H2,1H3,(H2,9,12). The summed E-state index contributed by atoms with van der Waals surface area (Å²) in [6, 6.07) is 0. The molecule has 0 aliphatic rings. The van der Waals surface area contributed by atoms with E-state index >= 15 is 0 Å². The van der Waals surface area contributed by atoms with E-state index in [9.17, 15) is 8.42 Å². The van der Waals surface area contributed by atoms with Crippen LogP contribution in [0.4, 0.5) is 5.13 Å². The van der Waals surface area contributed by atoms with E-state index in [-0.39, 0.29) is 16.0 Å². The molecule has 10 heteroatoms. The van der Waals surface area contributed by atoms with Gasteiger partial charge in [-0.2, -0.15) is 0 Å². The third-order valence-corrected chi connectivity index (χ3v) is 5.39. The Bertz CT molecular complexity index is 633. The van der Waals surface area contributed by atoms with Gasteiger partial charge in [-0.15, -0.1) is 21.5 Å². The van der Waals surface area contributed by atoms with Crippen LogP contribution < -0.4 is 10.5 Å². The van der Waals surface area contributed by atoms with E-state index in [0.717, 1.165) is 22.0 Å². The Balaban J connectivity index is 1.93. The highest BCUT2D eigenvalue weighted by Crippen LogP contribution is 2.16. The van der Waals surface area contributed by atoms with Gasteiger partial charge < -0.3 is 5.73 Å². The number of hydrogen-bond donors (Lipinski definition) is 2. The van der Waals surface area contributed by atoms with Crippen molar-refractivity contribution in [3.05, 3.63) is 16.1 Å². The van der Waals surface area contributed by atoms with E-state index in [4.69, 9.17) is 5.73 Å². The molecular formula is C8H11N5O2S3. The molecule has 0 radical (unpaired) electrons. The molecule has 7 nitrogen and oxygen atoms in total. The lowest BCUT2D eigenvalue weighted by atomic mass is 10.3. The molecule has 0 spiro atoms. The van der Waals surface area contributed by atoms with Gasteiger partial charge in [-0.1, -0.05) is 11.3 Å². The van der Waals surface area contributed by atoms with Gasteiger partial charge in [0.2, 0.25) is 9.47 Å². The van der Waals surface area contributed by atoms with Crippen molar-refractivity contribution >= 4 is 37.8 Å². The minimum atomic E-state index is -3.61. The monoisotopic (exact) mass is 305 g/mol. The van der Waals surface area contributed by atoms with Crippen LogP contribution in [0, 0.1) is 6.92 Å². The Morgan fingerprint density at radius 2 is 2.22 bits per heavy atom. The average molecular weight is 305 g/mol. The summed E-state index contributed by atoms with van der Waals surface area (Å²) in [6.45, 7) is 2.17. The lowest BCUT2D eigenvalue weighted by molar-refractivity contribution is 0.579. The summed E-state index contributed by atoms with van der Waals surface area (Å²) in [5.74, 6) is 0. The molecule has 18 heavy (non-hydrogen) atoms. The number of nitrogens with one attached hydrogen (secondary N) is 1. The summed E-state index contributed by atoms with van der Waals surface area (Å²) in [6.07, 6.45) is 0.540. The number of nitrogens with zero attached hydrogens (tertiary/aromatic N) is 3. The predicted octanol–water partition coefficient (Wildman–Crippen LogP) is 0.406. The fraction of sp³-hybridized carbons (Fsp3) is 0.375. The van der Waals surface area contributed by atoms with Gasteiger partial charge in [0.1, 0.15) is 0 Å². The third kappa shape index (κ3) is 3.22. The fourth-order valence-electron chi connectivity index (χ4n) is 1.23. The van der Waals surface area contributed by atoms with Gasteiger partial charge in [-0.05, 0) is 6.92 Å². The van der Waals surface area contributed by atoms with Crippen molar-refractivity contribution < 1.29 is 8.42 Å². The highest BCUT2D eigenvalue weighted by molar-refractivity contribution is 7.91. The van der Waals surface area contributed by atoms with Gasteiger partial charge >= 0.3 is 0 Å². The summed E-state index contributed by atoms with van der Waals surface area (Å²) < 4.78 is 25.8. The van der Waals surface area contributed by atoms with E-state index < -0.39 is 10.0 Å². The van der Waals surface area contributed by atoms with Crippen molar-refractivity contribution in [2.24, 2.45) is 0 Å². The molecular weight excluding hydrogens is 294 g/mol. The Labute approximate surface area is 112 Å². The molecule has 98 valence electrons. The molecule has 0 amide bonds. The maximum atomic E-state index is 11.8. The second-order valence-electron chi connectivity index (χ2n) is 3.41. The van der Waals surface area contributed by atoms with Crippen LogP contribution in [0.15, 0.2) is 9.72 Å². The van der Waals surface area contributed by atoms with E-state index in [2.05, 4.69) is 19.9 Å². The summed E-state index contributed by atoms with van der Waals surface area (Å²) in [5.41, 5.74) is 6.21. The van der Waals surface area contributed by atoms with E-state index in [1.165, 1.54) is 11.3 Å². The summed E-state index contributed by atoms with van der Waals surface area (Å²) >= 11 is 2.37.